The van der Waals surface area contributed by atoms with Gasteiger partial charge in [0, 0.05) is 13.2 Å². The number of nitrogens with zero attached hydrogens (tertiary/aromatic N) is 1. The molecule has 0 aliphatic carbocycles. The quantitative estimate of drug-likeness (QED) is 0.530. The zero-order valence-electron chi connectivity index (χ0n) is 7.54. The lowest BCUT2D eigenvalue weighted by Crippen LogP contribution is -2.37. The van der Waals surface area contributed by atoms with E-state index in [1.165, 1.54) is 0 Å². The first-order valence-electron chi connectivity index (χ1n) is 3.92. The minimum absolute atomic E-state index is 0.329. The monoisotopic (exact) mass is 159 g/mol. The number of hydrogen-bond donors (Lipinski definition) is 0. The van der Waals surface area contributed by atoms with Crippen LogP contribution in [0.25, 0.3) is 0 Å². The van der Waals surface area contributed by atoms with Crippen molar-refractivity contribution in [3.63, 3.8) is 0 Å². The van der Waals surface area contributed by atoms with Crippen LogP contribution in [0.1, 0.15) is 13.8 Å². The predicted molar refractivity (Wildman–Crippen MR) is 44.6 cm³/mol. The molecule has 0 radical (unpaired) electrons. The molecule has 0 aromatic heterocycles. The van der Waals surface area contributed by atoms with Crippen LogP contribution < -0.4 is 0 Å². The van der Waals surface area contributed by atoms with Gasteiger partial charge in [-0.2, -0.15) is 0 Å². The number of ether oxygens (including phenoxy) is 1. The van der Waals surface area contributed by atoms with Crippen LogP contribution in [0.15, 0.2) is 0 Å². The average molecular weight is 159 g/mol. The maximum absolute atomic E-state index is 10.2. The number of carbonyl (C=O) groups is 1. The van der Waals surface area contributed by atoms with E-state index in [0.717, 1.165) is 12.8 Å². The molecule has 0 amide bonds. The highest BCUT2D eigenvalue weighted by atomic mass is 16.5. The normalized spacial score (nSPS) is 13.5. The summed E-state index contributed by atoms with van der Waals surface area (Å²) >= 11 is 0. The Morgan fingerprint density at radius 1 is 1.64 bits per heavy atom. The third-order valence-electron chi connectivity index (χ3n) is 1.75. The van der Waals surface area contributed by atoms with Gasteiger partial charge in [0.15, 0.2) is 0 Å². The second-order valence-corrected chi connectivity index (χ2v) is 2.56. The molecule has 0 saturated heterocycles. The highest BCUT2D eigenvalue weighted by Crippen LogP contribution is 1.96. The van der Waals surface area contributed by atoms with Gasteiger partial charge in [-0.05, 0) is 13.5 Å². The van der Waals surface area contributed by atoms with E-state index in [1.54, 1.807) is 7.11 Å². The van der Waals surface area contributed by atoms with E-state index in [0.29, 0.717) is 19.2 Å². The Morgan fingerprint density at radius 2 is 2.27 bits per heavy atom. The van der Waals surface area contributed by atoms with Gasteiger partial charge in [0.05, 0.1) is 13.2 Å². The highest BCUT2D eigenvalue weighted by molar-refractivity contribution is 5.52. The third-order valence-corrected chi connectivity index (χ3v) is 1.75. The zero-order chi connectivity index (χ0) is 8.69. The number of aldehydes is 1. The van der Waals surface area contributed by atoms with Gasteiger partial charge in [0.1, 0.15) is 6.29 Å². The lowest BCUT2D eigenvalue weighted by Gasteiger charge is -2.24. The van der Waals surface area contributed by atoms with E-state index in [1.807, 2.05) is 6.92 Å². The highest BCUT2D eigenvalue weighted by Gasteiger charge is 2.09. The molecule has 3 heteroatoms. The van der Waals surface area contributed by atoms with Crippen LogP contribution in [0.3, 0.4) is 0 Å². The van der Waals surface area contributed by atoms with Crippen molar-refractivity contribution in [3.8, 4) is 0 Å². The van der Waals surface area contributed by atoms with Crippen LogP contribution in [0, 0.1) is 0 Å². The molecule has 0 aliphatic heterocycles. The van der Waals surface area contributed by atoms with Gasteiger partial charge in [-0.25, -0.2) is 0 Å². The summed E-state index contributed by atoms with van der Waals surface area (Å²) in [5.41, 5.74) is 0. The average Bonchev–Trinajstić information content (AvgIpc) is 2.00. The molecule has 0 bridgehead atoms. The second-order valence-electron chi connectivity index (χ2n) is 2.56. The van der Waals surface area contributed by atoms with E-state index in [9.17, 15) is 4.79 Å². The van der Waals surface area contributed by atoms with Gasteiger partial charge in [0.25, 0.3) is 0 Å². The van der Waals surface area contributed by atoms with Crippen molar-refractivity contribution in [1.82, 2.24) is 4.90 Å². The Bertz CT molecular complexity index is 106. The van der Waals surface area contributed by atoms with Crippen LogP contribution in [-0.4, -0.2) is 44.0 Å². The van der Waals surface area contributed by atoms with Gasteiger partial charge in [0.2, 0.25) is 0 Å². The molecule has 11 heavy (non-hydrogen) atoms. The molecule has 1 unspecified atom stereocenters. The lowest BCUT2D eigenvalue weighted by molar-refractivity contribution is -0.109. The van der Waals surface area contributed by atoms with Crippen molar-refractivity contribution in [3.05, 3.63) is 0 Å². The predicted octanol–water partition coefficient (Wildman–Crippen LogP) is 0.542. The van der Waals surface area contributed by atoms with Gasteiger partial charge >= 0.3 is 0 Å². The number of hydrogen-bond acceptors (Lipinski definition) is 3. The van der Waals surface area contributed by atoms with Gasteiger partial charge in [-0.1, -0.05) is 6.92 Å². The summed E-state index contributed by atoms with van der Waals surface area (Å²) in [6.45, 7) is 6.16. The summed E-state index contributed by atoms with van der Waals surface area (Å²) in [6, 6.07) is 0.329. The molecular formula is C8H17NO2. The van der Waals surface area contributed by atoms with Gasteiger partial charge in [-0.15, -0.1) is 0 Å². The van der Waals surface area contributed by atoms with Crippen LogP contribution in [-0.2, 0) is 9.53 Å². The largest absolute Gasteiger partial charge is 0.383 e. The molecule has 0 fully saturated rings. The molecule has 0 aromatic carbocycles. The number of likely N-dealkylation sites (N-methyl/N-ethyl adjacent to an activating group) is 1. The van der Waals surface area contributed by atoms with Gasteiger partial charge < -0.3 is 9.53 Å². The number of methoxy groups -OCH3 is 1. The lowest BCUT2D eigenvalue weighted by atomic mass is 10.3. The molecule has 0 saturated carbocycles. The fourth-order valence-electron chi connectivity index (χ4n) is 1.06. The minimum Gasteiger partial charge on any atom is -0.383 e. The first kappa shape index (κ1) is 10.6. The molecular weight excluding hydrogens is 142 g/mol. The Labute approximate surface area is 68.3 Å². The summed E-state index contributed by atoms with van der Waals surface area (Å²) in [7, 11) is 1.67. The number of rotatable bonds is 6. The maximum Gasteiger partial charge on any atom is 0.133 e. The second kappa shape index (κ2) is 6.31. The first-order chi connectivity index (χ1) is 5.26. The van der Waals surface area contributed by atoms with E-state index >= 15 is 0 Å². The summed E-state index contributed by atoms with van der Waals surface area (Å²) in [6.07, 6.45) is 0.926. The Balaban J connectivity index is 3.70. The Kier molecular flexibility index (Phi) is 6.07. The molecule has 0 aromatic rings. The molecule has 1 atom stereocenters. The van der Waals surface area contributed by atoms with E-state index in [2.05, 4.69) is 11.8 Å². The Morgan fingerprint density at radius 3 is 2.64 bits per heavy atom. The van der Waals surface area contributed by atoms with Crippen LogP contribution in [0.5, 0.6) is 0 Å². The smallest absolute Gasteiger partial charge is 0.133 e. The SMILES string of the molecule is CCN(CC=O)C(C)COC. The summed E-state index contributed by atoms with van der Waals surface area (Å²) in [5, 5.41) is 0. The zero-order valence-corrected chi connectivity index (χ0v) is 7.54. The third kappa shape index (κ3) is 4.11. The van der Waals surface area contributed by atoms with Gasteiger partial charge in [-0.3, -0.25) is 4.90 Å². The van der Waals surface area contributed by atoms with Crippen molar-refractivity contribution in [2.45, 2.75) is 19.9 Å². The molecule has 0 spiro atoms. The number of carbonyl (C=O) groups excluding carboxylic acids is 1. The molecule has 0 N–H and O–H groups in total. The fourth-order valence-corrected chi connectivity index (χ4v) is 1.06. The summed E-state index contributed by atoms with van der Waals surface area (Å²) in [4.78, 5) is 12.3. The first-order valence-corrected chi connectivity index (χ1v) is 3.92. The van der Waals surface area contributed by atoms with E-state index in [4.69, 9.17) is 4.74 Å². The molecule has 0 heterocycles. The van der Waals surface area contributed by atoms with E-state index < -0.39 is 0 Å². The molecule has 3 nitrogen and oxygen atoms in total. The van der Waals surface area contributed by atoms with Crippen molar-refractivity contribution >= 4 is 6.29 Å². The summed E-state index contributed by atoms with van der Waals surface area (Å²) < 4.78 is 4.98. The maximum atomic E-state index is 10.2. The van der Waals surface area contributed by atoms with Crippen LogP contribution in [0.2, 0.25) is 0 Å². The minimum atomic E-state index is 0.329. The van der Waals surface area contributed by atoms with Crippen LogP contribution in [0.4, 0.5) is 0 Å². The van der Waals surface area contributed by atoms with Crippen molar-refractivity contribution in [1.29, 1.82) is 0 Å². The standard InChI is InChI=1S/C8H17NO2/c1-4-9(5-6-10)8(2)7-11-3/h6,8H,4-5,7H2,1-3H3. The molecule has 66 valence electrons. The topological polar surface area (TPSA) is 29.5 Å². The van der Waals surface area contributed by atoms with Crippen molar-refractivity contribution in [2.24, 2.45) is 0 Å². The van der Waals surface area contributed by atoms with Crippen molar-refractivity contribution in [2.75, 3.05) is 26.8 Å². The fraction of sp³-hybridized carbons (Fsp3) is 0.875. The molecule has 0 rings (SSSR count). The molecule has 0 aliphatic rings. The Hall–Kier alpha value is -0.410. The van der Waals surface area contributed by atoms with Crippen LogP contribution >= 0.6 is 0 Å². The van der Waals surface area contributed by atoms with Crippen molar-refractivity contribution < 1.29 is 9.53 Å². The van der Waals surface area contributed by atoms with E-state index in [-0.39, 0.29) is 0 Å². The summed E-state index contributed by atoms with van der Waals surface area (Å²) in [5.74, 6) is 0.